The molecule has 17 heavy (non-hydrogen) atoms. The summed E-state index contributed by atoms with van der Waals surface area (Å²) in [7, 11) is -0.945. The van der Waals surface area contributed by atoms with Crippen LogP contribution in [0.15, 0.2) is 18.5 Å². The van der Waals surface area contributed by atoms with E-state index in [9.17, 15) is 8.42 Å². The average Bonchev–Trinajstić information content (AvgIpc) is 2.68. The number of rotatable bonds is 3. The van der Waals surface area contributed by atoms with Gasteiger partial charge in [0.1, 0.15) is 0 Å². The van der Waals surface area contributed by atoms with Crippen LogP contribution in [0.25, 0.3) is 0 Å². The first kappa shape index (κ1) is 12.6. The van der Waals surface area contributed by atoms with Crippen LogP contribution in [0.4, 0.5) is 5.69 Å². The highest BCUT2D eigenvalue weighted by Crippen LogP contribution is 2.26. The number of hydrogen-bond acceptors (Lipinski definition) is 4. The summed E-state index contributed by atoms with van der Waals surface area (Å²) in [6.07, 6.45) is 4.11. The first-order valence-electron chi connectivity index (χ1n) is 5.45. The molecule has 94 valence electrons. The Bertz CT molecular complexity index is 504. The van der Waals surface area contributed by atoms with E-state index < -0.39 is 9.84 Å². The minimum Gasteiger partial charge on any atom is -0.370 e. The molecule has 0 saturated carbocycles. The van der Waals surface area contributed by atoms with E-state index in [1.807, 2.05) is 18.0 Å². The third kappa shape index (κ3) is 2.72. The number of hydrogen-bond donors (Lipinski definition) is 0. The zero-order valence-electron chi connectivity index (χ0n) is 9.63. The van der Waals surface area contributed by atoms with E-state index in [2.05, 4.69) is 4.98 Å². The first-order chi connectivity index (χ1) is 8.03. The molecule has 1 aliphatic rings. The number of aromatic nitrogens is 1. The molecule has 1 saturated heterocycles. The third-order valence-corrected chi connectivity index (χ3v) is 5.20. The molecule has 1 aromatic rings. The van der Waals surface area contributed by atoms with E-state index >= 15 is 0 Å². The van der Waals surface area contributed by atoms with Crippen LogP contribution in [0.3, 0.4) is 0 Å². The molecule has 1 aliphatic heterocycles. The van der Waals surface area contributed by atoms with Gasteiger partial charge >= 0.3 is 0 Å². The Kier molecular flexibility index (Phi) is 3.58. The molecule has 2 heterocycles. The second-order valence-electron chi connectivity index (χ2n) is 4.31. The van der Waals surface area contributed by atoms with Crippen molar-refractivity contribution in [3.05, 3.63) is 24.0 Å². The molecular weight excluding hydrogens is 260 g/mol. The molecule has 0 amide bonds. The number of halogens is 1. The number of anilines is 1. The molecule has 0 aromatic carbocycles. The van der Waals surface area contributed by atoms with Gasteiger partial charge in [0.15, 0.2) is 9.84 Å². The van der Waals surface area contributed by atoms with E-state index in [0.29, 0.717) is 12.3 Å². The Morgan fingerprint density at radius 1 is 1.59 bits per heavy atom. The summed E-state index contributed by atoms with van der Waals surface area (Å²) in [5.74, 6) is 0.893. The molecule has 2 rings (SSSR count). The second kappa shape index (κ2) is 4.82. The second-order valence-corrected chi connectivity index (χ2v) is 6.80. The lowest BCUT2D eigenvalue weighted by Crippen LogP contribution is -2.33. The standard InChI is InChI=1S/C11H15ClN2O2S/c1-14(10-3-5-17(15,16)8-10)11-2-4-13-7-9(11)6-12/h2,4,7,10H,3,5-6,8H2,1H3. The maximum Gasteiger partial charge on any atom is 0.152 e. The maximum absolute atomic E-state index is 11.5. The predicted molar refractivity (Wildman–Crippen MR) is 69.3 cm³/mol. The van der Waals surface area contributed by atoms with Crippen LogP contribution < -0.4 is 4.90 Å². The van der Waals surface area contributed by atoms with Crippen molar-refractivity contribution in [3.63, 3.8) is 0 Å². The van der Waals surface area contributed by atoms with Gasteiger partial charge in [-0.2, -0.15) is 0 Å². The van der Waals surface area contributed by atoms with E-state index in [4.69, 9.17) is 11.6 Å². The SMILES string of the molecule is CN(c1ccncc1CCl)C1CCS(=O)(=O)C1. The van der Waals surface area contributed by atoms with Crippen molar-refractivity contribution in [2.45, 2.75) is 18.3 Å². The summed E-state index contributed by atoms with van der Waals surface area (Å²) in [4.78, 5) is 6.03. The largest absolute Gasteiger partial charge is 0.370 e. The number of pyridine rings is 1. The van der Waals surface area contributed by atoms with Crippen molar-refractivity contribution in [1.82, 2.24) is 4.98 Å². The summed E-state index contributed by atoms with van der Waals surface area (Å²) in [6.45, 7) is 0. The number of alkyl halides is 1. The number of sulfone groups is 1. The van der Waals surface area contributed by atoms with E-state index in [-0.39, 0.29) is 17.5 Å². The van der Waals surface area contributed by atoms with Gasteiger partial charge in [0.25, 0.3) is 0 Å². The van der Waals surface area contributed by atoms with E-state index in [1.54, 1.807) is 12.4 Å². The summed E-state index contributed by atoms with van der Waals surface area (Å²) in [5, 5.41) is 0. The molecule has 1 aromatic heterocycles. The Morgan fingerprint density at radius 2 is 2.35 bits per heavy atom. The summed E-state index contributed by atoms with van der Waals surface area (Å²) in [5.41, 5.74) is 1.90. The first-order valence-corrected chi connectivity index (χ1v) is 7.81. The molecule has 0 spiro atoms. The molecule has 6 heteroatoms. The van der Waals surface area contributed by atoms with E-state index in [0.717, 1.165) is 11.3 Å². The average molecular weight is 275 g/mol. The van der Waals surface area contributed by atoms with Crippen molar-refractivity contribution < 1.29 is 8.42 Å². The van der Waals surface area contributed by atoms with Crippen LogP contribution in [0.1, 0.15) is 12.0 Å². The topological polar surface area (TPSA) is 50.3 Å². The minimum absolute atomic E-state index is 0.0457. The monoisotopic (exact) mass is 274 g/mol. The molecule has 0 radical (unpaired) electrons. The summed E-state index contributed by atoms with van der Waals surface area (Å²) < 4.78 is 22.9. The third-order valence-electron chi connectivity index (χ3n) is 3.16. The Morgan fingerprint density at radius 3 is 2.94 bits per heavy atom. The molecule has 1 fully saturated rings. The van der Waals surface area contributed by atoms with Crippen LogP contribution in [0.5, 0.6) is 0 Å². The Labute approximate surface area is 107 Å². The lowest BCUT2D eigenvalue weighted by Gasteiger charge is -2.27. The molecule has 4 nitrogen and oxygen atoms in total. The number of nitrogens with zero attached hydrogens (tertiary/aromatic N) is 2. The summed E-state index contributed by atoms with van der Waals surface area (Å²) in [6, 6.07) is 1.92. The molecule has 0 aliphatic carbocycles. The quantitative estimate of drug-likeness (QED) is 0.783. The fraction of sp³-hybridized carbons (Fsp3) is 0.545. The van der Waals surface area contributed by atoms with Gasteiger partial charge in [0, 0.05) is 36.7 Å². The zero-order valence-corrected chi connectivity index (χ0v) is 11.2. The smallest absolute Gasteiger partial charge is 0.152 e. The van der Waals surface area contributed by atoms with Crippen LogP contribution in [0.2, 0.25) is 0 Å². The van der Waals surface area contributed by atoms with Gasteiger partial charge in [-0.05, 0) is 12.5 Å². The molecular formula is C11H15ClN2O2S. The zero-order chi connectivity index (χ0) is 12.5. The molecule has 1 atom stereocenters. The fourth-order valence-electron chi connectivity index (χ4n) is 2.14. The Hall–Kier alpha value is -0.810. The lowest BCUT2D eigenvalue weighted by atomic mass is 10.1. The molecule has 0 N–H and O–H groups in total. The normalized spacial score (nSPS) is 22.6. The van der Waals surface area contributed by atoms with Gasteiger partial charge in [-0.25, -0.2) is 8.42 Å². The van der Waals surface area contributed by atoms with Crippen LogP contribution in [-0.2, 0) is 15.7 Å². The van der Waals surface area contributed by atoms with Crippen molar-refractivity contribution in [3.8, 4) is 0 Å². The van der Waals surface area contributed by atoms with Crippen molar-refractivity contribution >= 4 is 27.1 Å². The molecule has 0 bridgehead atoms. The van der Waals surface area contributed by atoms with Crippen LogP contribution in [0, 0.1) is 0 Å². The fourth-order valence-corrected chi connectivity index (χ4v) is 4.12. The van der Waals surface area contributed by atoms with Gasteiger partial charge in [-0.3, -0.25) is 4.98 Å². The maximum atomic E-state index is 11.5. The molecule has 1 unspecified atom stereocenters. The summed E-state index contributed by atoms with van der Waals surface area (Å²) >= 11 is 5.85. The van der Waals surface area contributed by atoms with Crippen LogP contribution >= 0.6 is 11.6 Å². The minimum atomic E-state index is -2.86. The van der Waals surface area contributed by atoms with Crippen molar-refractivity contribution in [2.24, 2.45) is 0 Å². The van der Waals surface area contributed by atoms with Gasteiger partial charge in [-0.15, -0.1) is 11.6 Å². The van der Waals surface area contributed by atoms with Crippen molar-refractivity contribution in [2.75, 3.05) is 23.5 Å². The Balaban J connectivity index is 2.23. The van der Waals surface area contributed by atoms with Gasteiger partial charge < -0.3 is 4.90 Å². The van der Waals surface area contributed by atoms with Gasteiger partial charge in [0.2, 0.25) is 0 Å². The highest BCUT2D eigenvalue weighted by molar-refractivity contribution is 7.91. The lowest BCUT2D eigenvalue weighted by molar-refractivity contribution is 0.601. The van der Waals surface area contributed by atoms with Crippen LogP contribution in [-0.4, -0.2) is 38.0 Å². The highest BCUT2D eigenvalue weighted by Gasteiger charge is 2.31. The van der Waals surface area contributed by atoms with Gasteiger partial charge in [0.05, 0.1) is 17.4 Å². The van der Waals surface area contributed by atoms with E-state index in [1.165, 1.54) is 0 Å². The predicted octanol–water partition coefficient (Wildman–Crippen LogP) is 1.44. The van der Waals surface area contributed by atoms with Gasteiger partial charge in [-0.1, -0.05) is 0 Å². The van der Waals surface area contributed by atoms with Crippen molar-refractivity contribution in [1.29, 1.82) is 0 Å². The highest BCUT2D eigenvalue weighted by atomic mass is 35.5.